The number of aryl methyl sites for hydroxylation is 1. The fourth-order valence-electron chi connectivity index (χ4n) is 3.48. The Labute approximate surface area is 157 Å². The lowest BCUT2D eigenvalue weighted by Crippen LogP contribution is -2.24. The molecule has 1 aromatic carbocycles. The molecule has 0 unspecified atom stereocenters. The topological polar surface area (TPSA) is 45.1 Å². The van der Waals surface area contributed by atoms with Crippen molar-refractivity contribution in [2.75, 3.05) is 32.7 Å². The fraction of sp³-hybridized carbons (Fsp3) is 0.571. The third-order valence-electron chi connectivity index (χ3n) is 5.04. The average Bonchev–Trinajstić information content (AvgIpc) is 3.36. The summed E-state index contributed by atoms with van der Waals surface area (Å²) in [5.74, 6) is 0. The molecule has 0 saturated carbocycles. The summed E-state index contributed by atoms with van der Waals surface area (Å²) in [5.41, 5.74) is 2.72. The van der Waals surface area contributed by atoms with Crippen LogP contribution >= 0.6 is 0 Å². The van der Waals surface area contributed by atoms with Gasteiger partial charge in [-0.05, 0) is 69.5 Å². The van der Waals surface area contributed by atoms with Crippen molar-refractivity contribution in [3.05, 3.63) is 54.1 Å². The largest absolute Gasteiger partial charge is 0.337 e. The fourth-order valence-corrected chi connectivity index (χ4v) is 3.48. The van der Waals surface area contributed by atoms with Crippen molar-refractivity contribution in [2.45, 2.75) is 45.3 Å². The molecular formula is C21H33N5. The first-order valence-electron chi connectivity index (χ1n) is 10.1. The van der Waals surface area contributed by atoms with Crippen molar-refractivity contribution in [1.29, 1.82) is 0 Å². The normalized spacial score (nSPS) is 14.9. The highest BCUT2D eigenvalue weighted by Gasteiger charge is 2.09. The monoisotopic (exact) mass is 355 g/mol. The molecule has 1 aromatic heterocycles. The smallest absolute Gasteiger partial charge is 0.0945 e. The minimum atomic E-state index is 0.938. The van der Waals surface area contributed by atoms with Crippen molar-refractivity contribution in [3.63, 3.8) is 0 Å². The zero-order chi connectivity index (χ0) is 17.9. The van der Waals surface area contributed by atoms with Gasteiger partial charge < -0.3 is 20.1 Å². The van der Waals surface area contributed by atoms with Gasteiger partial charge in [0.1, 0.15) is 0 Å². The Kier molecular flexibility index (Phi) is 8.16. The second-order valence-corrected chi connectivity index (χ2v) is 7.23. The van der Waals surface area contributed by atoms with Crippen molar-refractivity contribution in [2.24, 2.45) is 0 Å². The lowest BCUT2D eigenvalue weighted by atomic mass is 10.1. The minimum absolute atomic E-state index is 0.938. The van der Waals surface area contributed by atoms with Crippen LogP contribution in [-0.4, -0.2) is 47.2 Å². The first-order valence-corrected chi connectivity index (χ1v) is 10.1. The van der Waals surface area contributed by atoms with Gasteiger partial charge in [-0.1, -0.05) is 24.3 Å². The SMILES string of the molecule is c1cn(CCCNCc2ccc(CNCCCN3CCCC3)cc2)cn1. The molecule has 0 atom stereocenters. The second kappa shape index (κ2) is 11.1. The third-order valence-corrected chi connectivity index (χ3v) is 5.04. The maximum absolute atomic E-state index is 4.06. The van der Waals surface area contributed by atoms with E-state index in [9.17, 15) is 0 Å². The van der Waals surface area contributed by atoms with Gasteiger partial charge in [0.05, 0.1) is 6.33 Å². The van der Waals surface area contributed by atoms with E-state index in [0.717, 1.165) is 39.1 Å². The summed E-state index contributed by atoms with van der Waals surface area (Å²) in [6, 6.07) is 8.97. The molecule has 5 heteroatoms. The molecule has 2 aromatic rings. The molecule has 0 aliphatic carbocycles. The third kappa shape index (κ3) is 6.90. The van der Waals surface area contributed by atoms with Crippen LogP contribution in [-0.2, 0) is 19.6 Å². The summed E-state index contributed by atoms with van der Waals surface area (Å²) in [5, 5.41) is 7.08. The molecule has 2 heterocycles. The molecule has 1 aliphatic rings. The van der Waals surface area contributed by atoms with E-state index in [1.54, 1.807) is 0 Å². The van der Waals surface area contributed by atoms with Crippen molar-refractivity contribution >= 4 is 0 Å². The van der Waals surface area contributed by atoms with Crippen LogP contribution in [0.4, 0.5) is 0 Å². The van der Waals surface area contributed by atoms with E-state index in [1.165, 1.54) is 50.0 Å². The summed E-state index contributed by atoms with van der Waals surface area (Å²) in [6.07, 6.45) is 10.9. The number of rotatable bonds is 12. The molecular weight excluding hydrogens is 322 g/mol. The maximum atomic E-state index is 4.06. The van der Waals surface area contributed by atoms with Gasteiger partial charge in [0.15, 0.2) is 0 Å². The highest BCUT2D eigenvalue weighted by Crippen LogP contribution is 2.07. The van der Waals surface area contributed by atoms with E-state index in [2.05, 4.69) is 49.4 Å². The summed E-state index contributed by atoms with van der Waals surface area (Å²) in [6.45, 7) is 8.92. The molecule has 1 aliphatic heterocycles. The van der Waals surface area contributed by atoms with Crippen LogP contribution in [0.5, 0.6) is 0 Å². The average molecular weight is 356 g/mol. The number of nitrogens with one attached hydrogen (secondary N) is 2. The molecule has 5 nitrogen and oxygen atoms in total. The molecule has 0 bridgehead atoms. The summed E-state index contributed by atoms with van der Waals surface area (Å²) in [4.78, 5) is 6.64. The highest BCUT2D eigenvalue weighted by molar-refractivity contribution is 5.22. The van der Waals surface area contributed by atoms with E-state index in [4.69, 9.17) is 0 Å². The van der Waals surface area contributed by atoms with E-state index in [0.29, 0.717) is 0 Å². The van der Waals surface area contributed by atoms with Crippen LogP contribution in [0.25, 0.3) is 0 Å². The van der Waals surface area contributed by atoms with Gasteiger partial charge in [0.25, 0.3) is 0 Å². The number of nitrogens with zero attached hydrogens (tertiary/aromatic N) is 3. The minimum Gasteiger partial charge on any atom is -0.337 e. The van der Waals surface area contributed by atoms with Crippen LogP contribution in [0.15, 0.2) is 43.0 Å². The Balaban J connectivity index is 1.22. The predicted octanol–water partition coefficient (Wildman–Crippen LogP) is 2.64. The van der Waals surface area contributed by atoms with E-state index in [-0.39, 0.29) is 0 Å². The highest BCUT2D eigenvalue weighted by atomic mass is 15.1. The quantitative estimate of drug-likeness (QED) is 0.575. The molecule has 26 heavy (non-hydrogen) atoms. The van der Waals surface area contributed by atoms with Gasteiger partial charge in [-0.3, -0.25) is 0 Å². The number of benzene rings is 1. The first kappa shape index (κ1) is 19.1. The Morgan fingerprint density at radius 1 is 0.846 bits per heavy atom. The van der Waals surface area contributed by atoms with Gasteiger partial charge in [0.2, 0.25) is 0 Å². The molecule has 142 valence electrons. The molecule has 0 radical (unpaired) electrons. The zero-order valence-electron chi connectivity index (χ0n) is 15.9. The molecule has 3 rings (SSSR count). The molecule has 1 saturated heterocycles. The lowest BCUT2D eigenvalue weighted by Gasteiger charge is -2.14. The molecule has 0 amide bonds. The van der Waals surface area contributed by atoms with Crippen molar-refractivity contribution < 1.29 is 0 Å². The van der Waals surface area contributed by atoms with Gasteiger partial charge in [0, 0.05) is 32.0 Å². The standard InChI is InChI=1S/C21H33N5/c1-2-13-25(12-1)14-3-9-22-17-20-5-7-21(8-6-20)18-23-10-4-15-26-16-11-24-19-26/h5-8,11,16,19,22-23H,1-4,9-10,12-15,17-18H2. The van der Waals surface area contributed by atoms with Crippen molar-refractivity contribution in [1.82, 2.24) is 25.1 Å². The van der Waals surface area contributed by atoms with Gasteiger partial charge >= 0.3 is 0 Å². The van der Waals surface area contributed by atoms with Crippen LogP contribution in [0, 0.1) is 0 Å². The van der Waals surface area contributed by atoms with Crippen molar-refractivity contribution in [3.8, 4) is 0 Å². The lowest BCUT2D eigenvalue weighted by molar-refractivity contribution is 0.331. The number of likely N-dealkylation sites (tertiary alicyclic amines) is 1. The summed E-state index contributed by atoms with van der Waals surface area (Å²) >= 11 is 0. The second-order valence-electron chi connectivity index (χ2n) is 7.23. The van der Waals surface area contributed by atoms with Crippen LogP contribution in [0.3, 0.4) is 0 Å². The molecule has 1 fully saturated rings. The Morgan fingerprint density at radius 2 is 1.46 bits per heavy atom. The first-order chi connectivity index (χ1) is 12.9. The maximum Gasteiger partial charge on any atom is 0.0945 e. The molecule has 2 N–H and O–H groups in total. The number of aromatic nitrogens is 2. The summed E-state index contributed by atoms with van der Waals surface area (Å²) < 4.78 is 2.12. The van der Waals surface area contributed by atoms with E-state index >= 15 is 0 Å². The van der Waals surface area contributed by atoms with Gasteiger partial charge in [-0.15, -0.1) is 0 Å². The van der Waals surface area contributed by atoms with Crippen LogP contribution < -0.4 is 10.6 Å². The molecule has 0 spiro atoms. The van der Waals surface area contributed by atoms with Crippen LogP contribution in [0.1, 0.15) is 36.8 Å². The van der Waals surface area contributed by atoms with E-state index in [1.807, 2.05) is 18.7 Å². The van der Waals surface area contributed by atoms with Gasteiger partial charge in [-0.25, -0.2) is 4.98 Å². The Morgan fingerprint density at radius 3 is 2.04 bits per heavy atom. The number of hydrogen-bond acceptors (Lipinski definition) is 4. The van der Waals surface area contributed by atoms with Crippen LogP contribution in [0.2, 0.25) is 0 Å². The predicted molar refractivity (Wildman–Crippen MR) is 107 cm³/mol. The number of hydrogen-bond donors (Lipinski definition) is 2. The number of imidazole rings is 1. The zero-order valence-corrected chi connectivity index (χ0v) is 15.9. The van der Waals surface area contributed by atoms with Gasteiger partial charge in [-0.2, -0.15) is 0 Å². The Bertz CT molecular complexity index is 587. The Hall–Kier alpha value is -1.69. The summed E-state index contributed by atoms with van der Waals surface area (Å²) in [7, 11) is 0. The van der Waals surface area contributed by atoms with E-state index < -0.39 is 0 Å².